The van der Waals surface area contributed by atoms with Crippen LogP contribution in [0.3, 0.4) is 0 Å². The first-order valence-electron chi connectivity index (χ1n) is 6.76. The molecule has 1 aromatic rings. The summed E-state index contributed by atoms with van der Waals surface area (Å²) in [7, 11) is 0. The van der Waals surface area contributed by atoms with Crippen LogP contribution in [0.1, 0.15) is 44.7 Å². The Labute approximate surface area is 110 Å². The highest BCUT2D eigenvalue weighted by Gasteiger charge is 2.31. The average Bonchev–Trinajstić information content (AvgIpc) is 2.87. The lowest BCUT2D eigenvalue weighted by molar-refractivity contribution is 0.751. The van der Waals surface area contributed by atoms with Gasteiger partial charge in [-0.15, -0.1) is 0 Å². The molecule has 0 aliphatic heterocycles. The molecule has 0 nitrogen and oxygen atoms in total. The largest absolute Gasteiger partial charge is 0.0723 e. The Morgan fingerprint density at radius 3 is 2.33 bits per heavy atom. The molecule has 0 aromatic heterocycles. The molecule has 0 radical (unpaired) electrons. The van der Waals surface area contributed by atoms with E-state index in [9.17, 15) is 0 Å². The molecule has 3 rings (SSSR count). The van der Waals surface area contributed by atoms with Crippen LogP contribution < -0.4 is 0 Å². The van der Waals surface area contributed by atoms with Crippen LogP contribution in [0.5, 0.6) is 0 Å². The third-order valence-corrected chi connectivity index (χ3v) is 4.84. The predicted molar refractivity (Wildman–Crippen MR) is 78.5 cm³/mol. The molecular formula is C18H20. The number of hydrogen-bond acceptors (Lipinski definition) is 0. The Hall–Kier alpha value is -1.56. The maximum absolute atomic E-state index is 2.37. The average molecular weight is 236 g/mol. The van der Waals surface area contributed by atoms with E-state index in [1.54, 1.807) is 11.1 Å². The SMILES string of the molecule is CC1=C(C)C(C)C(C2C=Cc3ccccc32)=C1C. The summed E-state index contributed by atoms with van der Waals surface area (Å²) in [5.41, 5.74) is 9.01. The normalized spacial score (nSPS) is 26.2. The molecule has 2 atom stereocenters. The van der Waals surface area contributed by atoms with Crippen LogP contribution >= 0.6 is 0 Å². The van der Waals surface area contributed by atoms with Crippen molar-refractivity contribution in [2.75, 3.05) is 0 Å². The van der Waals surface area contributed by atoms with Crippen molar-refractivity contribution in [1.82, 2.24) is 0 Å². The number of benzene rings is 1. The lowest BCUT2D eigenvalue weighted by Crippen LogP contribution is -2.06. The van der Waals surface area contributed by atoms with Gasteiger partial charge in [0.15, 0.2) is 0 Å². The topological polar surface area (TPSA) is 0 Å². The predicted octanol–water partition coefficient (Wildman–Crippen LogP) is 5.10. The Balaban J connectivity index is 2.08. The first-order valence-corrected chi connectivity index (χ1v) is 6.76. The highest BCUT2D eigenvalue weighted by Crippen LogP contribution is 2.47. The minimum Gasteiger partial charge on any atom is -0.0723 e. The van der Waals surface area contributed by atoms with E-state index in [1.807, 2.05) is 0 Å². The Bertz CT molecular complexity index is 596. The second-order valence-electron chi connectivity index (χ2n) is 5.58. The molecule has 0 N–H and O–H groups in total. The first-order chi connectivity index (χ1) is 8.61. The van der Waals surface area contributed by atoms with Crippen molar-refractivity contribution in [1.29, 1.82) is 0 Å². The van der Waals surface area contributed by atoms with Crippen LogP contribution in [0.15, 0.2) is 52.6 Å². The summed E-state index contributed by atoms with van der Waals surface area (Å²) in [5.74, 6) is 1.08. The van der Waals surface area contributed by atoms with Gasteiger partial charge in [0.25, 0.3) is 0 Å². The third-order valence-electron chi connectivity index (χ3n) is 4.84. The smallest absolute Gasteiger partial charge is 0.0249 e. The van der Waals surface area contributed by atoms with E-state index in [2.05, 4.69) is 64.1 Å². The van der Waals surface area contributed by atoms with Gasteiger partial charge in [-0.25, -0.2) is 0 Å². The second kappa shape index (κ2) is 3.98. The minimum absolute atomic E-state index is 0.489. The number of fused-ring (bicyclic) bond motifs is 1. The number of allylic oxidation sites excluding steroid dienone is 5. The molecule has 18 heavy (non-hydrogen) atoms. The fraction of sp³-hybridized carbons (Fsp3) is 0.333. The van der Waals surface area contributed by atoms with Gasteiger partial charge in [0, 0.05) is 5.92 Å². The standard InChI is InChI=1S/C18H20/c1-11-12(2)14(4)18(13(11)3)17-10-9-15-7-5-6-8-16(15)17/h5-10,13,17H,1-4H3. The molecule has 1 aromatic carbocycles. The molecule has 0 bridgehead atoms. The van der Waals surface area contributed by atoms with E-state index in [0.29, 0.717) is 11.8 Å². The zero-order valence-electron chi connectivity index (χ0n) is 11.6. The van der Waals surface area contributed by atoms with Crippen LogP contribution in [0, 0.1) is 5.92 Å². The van der Waals surface area contributed by atoms with E-state index >= 15 is 0 Å². The Morgan fingerprint density at radius 1 is 0.944 bits per heavy atom. The van der Waals surface area contributed by atoms with Crippen molar-refractivity contribution in [2.24, 2.45) is 5.92 Å². The summed E-state index contributed by atoms with van der Waals surface area (Å²) >= 11 is 0. The molecule has 0 heterocycles. The first kappa shape index (κ1) is 11.5. The summed E-state index contributed by atoms with van der Waals surface area (Å²) in [6, 6.07) is 8.77. The molecule has 2 unspecified atom stereocenters. The van der Waals surface area contributed by atoms with Crippen LogP contribution in [0.25, 0.3) is 6.08 Å². The van der Waals surface area contributed by atoms with Crippen molar-refractivity contribution >= 4 is 6.08 Å². The van der Waals surface area contributed by atoms with Gasteiger partial charge < -0.3 is 0 Å². The maximum Gasteiger partial charge on any atom is 0.0249 e. The van der Waals surface area contributed by atoms with Crippen molar-refractivity contribution in [3.63, 3.8) is 0 Å². The molecule has 2 aliphatic carbocycles. The summed E-state index contributed by atoms with van der Waals surface area (Å²) in [4.78, 5) is 0. The third kappa shape index (κ3) is 1.45. The summed E-state index contributed by atoms with van der Waals surface area (Å²) in [6.45, 7) is 9.17. The number of rotatable bonds is 1. The molecule has 0 amide bonds. The van der Waals surface area contributed by atoms with E-state index in [-0.39, 0.29) is 0 Å². The minimum atomic E-state index is 0.489. The van der Waals surface area contributed by atoms with E-state index in [0.717, 1.165) is 0 Å². The number of hydrogen-bond donors (Lipinski definition) is 0. The molecule has 92 valence electrons. The molecule has 0 saturated carbocycles. The van der Waals surface area contributed by atoms with Gasteiger partial charge in [-0.1, -0.05) is 48.9 Å². The van der Waals surface area contributed by atoms with Crippen molar-refractivity contribution in [3.05, 3.63) is 63.8 Å². The quantitative estimate of drug-likeness (QED) is 0.636. The van der Waals surface area contributed by atoms with E-state index in [1.165, 1.54) is 22.3 Å². The maximum atomic E-state index is 2.37. The van der Waals surface area contributed by atoms with Crippen molar-refractivity contribution in [3.8, 4) is 0 Å². The zero-order chi connectivity index (χ0) is 12.9. The second-order valence-corrected chi connectivity index (χ2v) is 5.58. The molecule has 0 fully saturated rings. The summed E-state index contributed by atoms with van der Waals surface area (Å²) in [5, 5.41) is 0. The van der Waals surface area contributed by atoms with Crippen LogP contribution in [-0.2, 0) is 0 Å². The van der Waals surface area contributed by atoms with E-state index in [4.69, 9.17) is 0 Å². The molecule has 2 aliphatic rings. The van der Waals surface area contributed by atoms with Gasteiger partial charge in [0.2, 0.25) is 0 Å². The molecular weight excluding hydrogens is 216 g/mol. The highest BCUT2D eigenvalue weighted by molar-refractivity contribution is 5.67. The van der Waals surface area contributed by atoms with Gasteiger partial charge in [0.05, 0.1) is 0 Å². The fourth-order valence-electron chi connectivity index (χ4n) is 3.42. The van der Waals surface area contributed by atoms with Crippen molar-refractivity contribution in [2.45, 2.75) is 33.6 Å². The van der Waals surface area contributed by atoms with Crippen molar-refractivity contribution < 1.29 is 0 Å². The van der Waals surface area contributed by atoms with Crippen LogP contribution in [0.2, 0.25) is 0 Å². The zero-order valence-corrected chi connectivity index (χ0v) is 11.6. The van der Waals surface area contributed by atoms with E-state index < -0.39 is 0 Å². The molecule has 0 spiro atoms. The molecule has 0 heteroatoms. The Kier molecular flexibility index (Phi) is 2.55. The van der Waals surface area contributed by atoms with Crippen LogP contribution in [0.4, 0.5) is 0 Å². The lowest BCUT2D eigenvalue weighted by atomic mass is 9.84. The molecule has 0 saturated heterocycles. The fourth-order valence-corrected chi connectivity index (χ4v) is 3.42. The van der Waals surface area contributed by atoms with Crippen LogP contribution in [-0.4, -0.2) is 0 Å². The highest BCUT2D eigenvalue weighted by atomic mass is 14.3. The summed E-state index contributed by atoms with van der Waals surface area (Å²) < 4.78 is 0. The van der Waals surface area contributed by atoms with Gasteiger partial charge in [0.1, 0.15) is 0 Å². The van der Waals surface area contributed by atoms with Gasteiger partial charge >= 0.3 is 0 Å². The van der Waals surface area contributed by atoms with Gasteiger partial charge in [-0.05, 0) is 54.5 Å². The lowest BCUT2D eigenvalue weighted by Gasteiger charge is -2.20. The van der Waals surface area contributed by atoms with Gasteiger partial charge in [-0.2, -0.15) is 0 Å². The monoisotopic (exact) mass is 236 g/mol. The Morgan fingerprint density at radius 2 is 1.67 bits per heavy atom. The summed E-state index contributed by atoms with van der Waals surface area (Å²) in [6.07, 6.45) is 4.64. The van der Waals surface area contributed by atoms with Gasteiger partial charge in [-0.3, -0.25) is 0 Å².